The second-order valence-electron chi connectivity index (χ2n) is 2.71. The van der Waals surface area contributed by atoms with E-state index in [1.807, 2.05) is 22.6 Å². The SMILES string of the molecule is Cc1c(OC(F)(F)F)cc(CCl)nc1I. The van der Waals surface area contributed by atoms with Crippen LogP contribution in [0.2, 0.25) is 0 Å². The average Bonchev–Trinajstić information content (AvgIpc) is 2.10. The molecule has 0 aliphatic carbocycles. The normalized spacial score (nSPS) is 11.6. The lowest BCUT2D eigenvalue weighted by Gasteiger charge is -2.12. The molecule has 0 fully saturated rings. The Morgan fingerprint density at radius 3 is 2.60 bits per heavy atom. The summed E-state index contributed by atoms with van der Waals surface area (Å²) in [5, 5.41) is 0. The third-order valence-corrected chi connectivity index (χ3v) is 2.91. The number of halogens is 5. The first-order valence-corrected chi connectivity index (χ1v) is 5.42. The van der Waals surface area contributed by atoms with Crippen molar-refractivity contribution in [3.63, 3.8) is 0 Å². The number of alkyl halides is 4. The number of ether oxygens (including phenoxy) is 1. The molecule has 7 heteroatoms. The number of aromatic nitrogens is 1. The van der Waals surface area contributed by atoms with Crippen molar-refractivity contribution in [2.45, 2.75) is 19.2 Å². The highest BCUT2D eigenvalue weighted by atomic mass is 127. The van der Waals surface area contributed by atoms with Gasteiger partial charge in [-0.2, -0.15) is 0 Å². The fourth-order valence-electron chi connectivity index (χ4n) is 0.903. The van der Waals surface area contributed by atoms with Crippen LogP contribution in [0.3, 0.4) is 0 Å². The van der Waals surface area contributed by atoms with Gasteiger partial charge in [-0.05, 0) is 29.5 Å². The van der Waals surface area contributed by atoms with Crippen molar-refractivity contribution in [1.29, 1.82) is 0 Å². The van der Waals surface area contributed by atoms with E-state index in [0.29, 0.717) is 15.0 Å². The summed E-state index contributed by atoms with van der Waals surface area (Å²) in [6.07, 6.45) is -4.70. The molecule has 1 aromatic heterocycles. The van der Waals surface area contributed by atoms with E-state index < -0.39 is 6.36 Å². The van der Waals surface area contributed by atoms with Crippen LogP contribution in [-0.4, -0.2) is 11.3 Å². The summed E-state index contributed by atoms with van der Waals surface area (Å²) in [6.45, 7) is 1.51. The molecule has 0 bridgehead atoms. The van der Waals surface area contributed by atoms with E-state index in [1.54, 1.807) is 0 Å². The van der Waals surface area contributed by atoms with E-state index in [-0.39, 0.29) is 11.6 Å². The summed E-state index contributed by atoms with van der Waals surface area (Å²) in [5.41, 5.74) is 0.702. The van der Waals surface area contributed by atoms with Crippen molar-refractivity contribution in [3.05, 3.63) is 21.0 Å². The maximum Gasteiger partial charge on any atom is 0.573 e. The Bertz CT molecular complexity index is 370. The summed E-state index contributed by atoms with van der Waals surface area (Å²) in [7, 11) is 0. The Hall–Kier alpha value is -0.240. The van der Waals surface area contributed by atoms with Crippen LogP contribution in [0.15, 0.2) is 6.07 Å². The van der Waals surface area contributed by atoms with Crippen LogP contribution in [0.25, 0.3) is 0 Å². The van der Waals surface area contributed by atoms with Crippen molar-refractivity contribution < 1.29 is 17.9 Å². The van der Waals surface area contributed by atoms with Gasteiger partial charge in [-0.1, -0.05) is 0 Å². The predicted molar refractivity (Wildman–Crippen MR) is 57.9 cm³/mol. The molecule has 84 valence electrons. The maximum absolute atomic E-state index is 12.0. The molecular formula is C8H6ClF3INO. The van der Waals surface area contributed by atoms with Crippen LogP contribution in [0.5, 0.6) is 5.75 Å². The second-order valence-corrected chi connectivity index (χ2v) is 4.00. The van der Waals surface area contributed by atoms with E-state index in [9.17, 15) is 13.2 Å². The molecule has 1 rings (SSSR count). The molecule has 1 aromatic rings. The first-order chi connectivity index (χ1) is 6.83. The van der Waals surface area contributed by atoms with Gasteiger partial charge in [-0.3, -0.25) is 0 Å². The smallest absolute Gasteiger partial charge is 0.405 e. The molecule has 0 saturated heterocycles. The molecular weight excluding hydrogens is 345 g/mol. The first-order valence-electron chi connectivity index (χ1n) is 3.81. The van der Waals surface area contributed by atoms with Gasteiger partial charge < -0.3 is 4.74 Å². The highest BCUT2D eigenvalue weighted by molar-refractivity contribution is 14.1. The summed E-state index contributed by atoms with van der Waals surface area (Å²) in [5.74, 6) is -0.206. The Balaban J connectivity index is 3.11. The van der Waals surface area contributed by atoms with Gasteiger partial charge in [0.1, 0.15) is 9.45 Å². The van der Waals surface area contributed by atoms with E-state index in [1.165, 1.54) is 13.0 Å². The Labute approximate surface area is 103 Å². The highest BCUT2D eigenvalue weighted by Gasteiger charge is 2.32. The topological polar surface area (TPSA) is 22.1 Å². The zero-order valence-corrected chi connectivity index (χ0v) is 10.4. The van der Waals surface area contributed by atoms with E-state index in [0.717, 1.165) is 0 Å². The minimum atomic E-state index is -4.70. The third-order valence-electron chi connectivity index (χ3n) is 1.58. The Kier molecular flexibility index (Phi) is 4.05. The lowest BCUT2D eigenvalue weighted by atomic mass is 10.2. The largest absolute Gasteiger partial charge is 0.573 e. The summed E-state index contributed by atoms with van der Waals surface area (Å²) in [4.78, 5) is 3.99. The van der Waals surface area contributed by atoms with Gasteiger partial charge in [0.25, 0.3) is 0 Å². The monoisotopic (exact) mass is 351 g/mol. The molecule has 0 aliphatic rings. The van der Waals surface area contributed by atoms with Gasteiger partial charge in [0.05, 0.1) is 11.6 Å². The Morgan fingerprint density at radius 1 is 1.53 bits per heavy atom. The van der Waals surface area contributed by atoms with Crippen molar-refractivity contribution >= 4 is 34.2 Å². The maximum atomic E-state index is 12.0. The molecule has 0 unspecified atom stereocenters. The third kappa shape index (κ3) is 3.67. The summed E-state index contributed by atoms with van der Waals surface area (Å²) in [6, 6.07) is 1.19. The lowest BCUT2D eigenvalue weighted by molar-refractivity contribution is -0.274. The van der Waals surface area contributed by atoms with Crippen molar-refractivity contribution in [2.24, 2.45) is 0 Å². The van der Waals surface area contributed by atoms with E-state index in [4.69, 9.17) is 11.6 Å². The second kappa shape index (κ2) is 4.73. The fraction of sp³-hybridized carbons (Fsp3) is 0.375. The van der Waals surface area contributed by atoms with Crippen LogP contribution >= 0.6 is 34.2 Å². The fourth-order valence-corrected chi connectivity index (χ4v) is 1.62. The summed E-state index contributed by atoms with van der Waals surface area (Å²) < 4.78 is 40.3. The van der Waals surface area contributed by atoms with E-state index >= 15 is 0 Å². The van der Waals surface area contributed by atoms with Crippen LogP contribution in [0.1, 0.15) is 11.3 Å². The van der Waals surface area contributed by atoms with Crippen molar-refractivity contribution in [1.82, 2.24) is 4.98 Å². The van der Waals surface area contributed by atoms with Crippen molar-refractivity contribution in [2.75, 3.05) is 0 Å². The molecule has 0 N–H and O–H groups in total. The molecule has 0 amide bonds. The molecule has 0 aromatic carbocycles. The first kappa shape index (κ1) is 12.8. The number of hydrogen-bond donors (Lipinski definition) is 0. The van der Waals surface area contributed by atoms with Crippen LogP contribution in [0.4, 0.5) is 13.2 Å². The number of hydrogen-bond acceptors (Lipinski definition) is 2. The zero-order chi connectivity index (χ0) is 11.6. The molecule has 1 heterocycles. The molecule has 0 spiro atoms. The molecule has 0 saturated carbocycles. The van der Waals surface area contributed by atoms with Crippen LogP contribution < -0.4 is 4.74 Å². The van der Waals surface area contributed by atoms with Gasteiger partial charge in [0.2, 0.25) is 0 Å². The van der Waals surface area contributed by atoms with E-state index in [2.05, 4.69) is 9.72 Å². The molecule has 2 nitrogen and oxygen atoms in total. The number of rotatable bonds is 2. The van der Waals surface area contributed by atoms with Gasteiger partial charge in [0, 0.05) is 11.6 Å². The molecule has 0 radical (unpaired) electrons. The molecule has 0 atom stereocenters. The molecule has 0 aliphatic heterocycles. The zero-order valence-electron chi connectivity index (χ0n) is 7.53. The van der Waals surface area contributed by atoms with Gasteiger partial charge >= 0.3 is 6.36 Å². The average molecular weight is 351 g/mol. The van der Waals surface area contributed by atoms with Gasteiger partial charge in [-0.25, -0.2) is 4.98 Å². The standard InChI is InChI=1S/C8H6ClF3INO/c1-4-6(15-8(10,11)12)2-5(3-9)14-7(4)13/h2H,3H2,1H3. The predicted octanol–water partition coefficient (Wildman–Crippen LogP) is 3.63. The van der Waals surface area contributed by atoms with Gasteiger partial charge in [0.15, 0.2) is 0 Å². The number of nitrogens with zero attached hydrogens (tertiary/aromatic N) is 1. The lowest BCUT2D eigenvalue weighted by Crippen LogP contribution is -2.18. The Morgan fingerprint density at radius 2 is 2.13 bits per heavy atom. The number of pyridine rings is 1. The minimum absolute atomic E-state index is 0.0461. The minimum Gasteiger partial charge on any atom is -0.405 e. The van der Waals surface area contributed by atoms with Crippen molar-refractivity contribution in [3.8, 4) is 5.75 Å². The quantitative estimate of drug-likeness (QED) is 0.461. The summed E-state index contributed by atoms with van der Waals surface area (Å²) >= 11 is 7.33. The van der Waals surface area contributed by atoms with Crippen LogP contribution in [-0.2, 0) is 5.88 Å². The molecule has 15 heavy (non-hydrogen) atoms. The van der Waals surface area contributed by atoms with Crippen LogP contribution in [0, 0.1) is 10.6 Å². The highest BCUT2D eigenvalue weighted by Crippen LogP contribution is 2.29. The van der Waals surface area contributed by atoms with Gasteiger partial charge in [-0.15, -0.1) is 24.8 Å².